The third-order valence-corrected chi connectivity index (χ3v) is 5.03. The predicted octanol–water partition coefficient (Wildman–Crippen LogP) is 4.67. The molecule has 150 valence electrons. The Balaban J connectivity index is 2.10. The highest BCUT2D eigenvalue weighted by molar-refractivity contribution is 14.1. The van der Waals surface area contributed by atoms with Crippen LogP contribution in [0.15, 0.2) is 35.4 Å². The molecule has 0 unspecified atom stereocenters. The number of carbonyl (C=O) groups excluding carboxylic acids is 1. The molecule has 0 spiro atoms. The summed E-state index contributed by atoms with van der Waals surface area (Å²) in [5.74, 6) is 0.543. The first kappa shape index (κ1) is 22.6. The number of hydrogen-bond donors (Lipinski definition) is 1. The van der Waals surface area contributed by atoms with Crippen LogP contribution in [0.25, 0.3) is 0 Å². The number of methoxy groups -OCH3 is 1. The van der Waals surface area contributed by atoms with Gasteiger partial charge >= 0.3 is 5.97 Å². The van der Waals surface area contributed by atoms with E-state index in [4.69, 9.17) is 32.7 Å². The molecule has 9 heteroatoms. The van der Waals surface area contributed by atoms with Gasteiger partial charge in [-0.2, -0.15) is 5.10 Å². The molecule has 0 saturated heterocycles. The second-order valence-corrected chi connectivity index (χ2v) is 7.40. The average molecular weight is 537 g/mol. The molecular weight excluding hydrogens is 518 g/mol. The third kappa shape index (κ3) is 6.42. The fourth-order valence-corrected chi connectivity index (χ4v) is 3.51. The molecule has 0 aliphatic carbocycles. The number of rotatable bonds is 9. The van der Waals surface area contributed by atoms with E-state index in [2.05, 4.69) is 37.9 Å². The van der Waals surface area contributed by atoms with Crippen molar-refractivity contribution in [1.29, 1.82) is 0 Å². The second kappa shape index (κ2) is 11.3. The van der Waals surface area contributed by atoms with Crippen molar-refractivity contribution in [3.8, 4) is 11.5 Å². The van der Waals surface area contributed by atoms with Gasteiger partial charge in [-0.05, 0) is 59.3 Å². The van der Waals surface area contributed by atoms with Gasteiger partial charge in [0.25, 0.3) is 0 Å². The SMILES string of the molecule is CCOc1cc(/C=N\NCc2c(Cl)cccc2Cl)cc(I)c1OCC(=O)OC. The van der Waals surface area contributed by atoms with Gasteiger partial charge in [-0.3, -0.25) is 0 Å². The topological polar surface area (TPSA) is 69.1 Å². The van der Waals surface area contributed by atoms with Crippen molar-refractivity contribution in [3.63, 3.8) is 0 Å². The zero-order valence-electron chi connectivity index (χ0n) is 15.3. The van der Waals surface area contributed by atoms with E-state index in [1.807, 2.05) is 13.0 Å². The molecule has 0 aliphatic heterocycles. The van der Waals surface area contributed by atoms with Crippen LogP contribution in [-0.2, 0) is 16.1 Å². The summed E-state index contributed by atoms with van der Waals surface area (Å²) in [5, 5.41) is 5.37. The van der Waals surface area contributed by atoms with E-state index in [0.717, 1.165) is 14.7 Å². The fourth-order valence-electron chi connectivity index (χ4n) is 2.20. The molecule has 0 aliphatic rings. The second-order valence-electron chi connectivity index (χ2n) is 5.42. The maximum absolute atomic E-state index is 11.3. The van der Waals surface area contributed by atoms with Crippen molar-refractivity contribution in [1.82, 2.24) is 5.43 Å². The van der Waals surface area contributed by atoms with Crippen LogP contribution < -0.4 is 14.9 Å². The van der Waals surface area contributed by atoms with Crippen molar-refractivity contribution in [3.05, 3.63) is 55.1 Å². The first-order valence-electron chi connectivity index (χ1n) is 8.31. The molecule has 0 amide bonds. The highest BCUT2D eigenvalue weighted by Crippen LogP contribution is 2.34. The van der Waals surface area contributed by atoms with E-state index in [9.17, 15) is 4.79 Å². The molecule has 1 N–H and O–H groups in total. The summed E-state index contributed by atoms with van der Waals surface area (Å²) < 4.78 is 16.6. The summed E-state index contributed by atoms with van der Waals surface area (Å²) in [6.07, 6.45) is 1.65. The minimum Gasteiger partial charge on any atom is -0.490 e. The molecule has 6 nitrogen and oxygen atoms in total. The number of carbonyl (C=O) groups is 1. The van der Waals surface area contributed by atoms with Crippen LogP contribution in [0.3, 0.4) is 0 Å². The monoisotopic (exact) mass is 536 g/mol. The number of nitrogens with zero attached hydrogens (tertiary/aromatic N) is 1. The van der Waals surface area contributed by atoms with E-state index in [1.54, 1.807) is 30.5 Å². The Morgan fingerprint density at radius 1 is 1.25 bits per heavy atom. The Hall–Kier alpha value is -1.71. The maximum atomic E-state index is 11.3. The molecule has 0 saturated carbocycles. The molecule has 2 rings (SSSR count). The van der Waals surface area contributed by atoms with Crippen LogP contribution in [0.5, 0.6) is 11.5 Å². The Bertz CT molecular complexity index is 842. The first-order valence-corrected chi connectivity index (χ1v) is 10.1. The van der Waals surface area contributed by atoms with Gasteiger partial charge < -0.3 is 19.6 Å². The molecule has 28 heavy (non-hydrogen) atoms. The average Bonchev–Trinajstić information content (AvgIpc) is 2.66. The molecule has 2 aromatic carbocycles. The van der Waals surface area contributed by atoms with Gasteiger partial charge in [0, 0.05) is 15.6 Å². The smallest absolute Gasteiger partial charge is 0.343 e. The molecule has 0 fully saturated rings. The predicted molar refractivity (Wildman–Crippen MR) is 119 cm³/mol. The van der Waals surface area contributed by atoms with E-state index < -0.39 is 5.97 Å². The number of benzene rings is 2. The summed E-state index contributed by atoms with van der Waals surface area (Å²) in [6, 6.07) is 8.99. The number of hydrogen-bond acceptors (Lipinski definition) is 6. The van der Waals surface area contributed by atoms with Crippen molar-refractivity contribution < 1.29 is 19.0 Å². The molecule has 0 heterocycles. The standard InChI is InChI=1S/C19H19Cl2IN2O4/c1-3-27-17-8-12(7-16(22)19(17)28-11-18(25)26-2)9-23-24-10-13-14(20)5-4-6-15(13)21/h4-9,24H,3,10-11H2,1-2H3/b23-9-. The van der Waals surface area contributed by atoms with Crippen LogP contribution in [-0.4, -0.2) is 32.5 Å². The summed E-state index contributed by atoms with van der Waals surface area (Å²) in [6.45, 7) is 2.52. The minimum atomic E-state index is -0.466. The molecule has 0 aromatic heterocycles. The summed E-state index contributed by atoms with van der Waals surface area (Å²) >= 11 is 14.4. The minimum absolute atomic E-state index is 0.194. The summed E-state index contributed by atoms with van der Waals surface area (Å²) in [7, 11) is 1.31. The van der Waals surface area contributed by atoms with Gasteiger partial charge in [0.2, 0.25) is 0 Å². The van der Waals surface area contributed by atoms with Crippen molar-refractivity contribution in [2.75, 3.05) is 20.3 Å². The Kier molecular flexibility index (Phi) is 9.14. The highest BCUT2D eigenvalue weighted by atomic mass is 127. The molecule has 0 atom stereocenters. The van der Waals surface area contributed by atoms with Gasteiger partial charge in [0.1, 0.15) is 0 Å². The number of ether oxygens (including phenoxy) is 3. The van der Waals surface area contributed by atoms with Crippen molar-refractivity contribution in [2.45, 2.75) is 13.5 Å². The van der Waals surface area contributed by atoms with Crippen LogP contribution in [0, 0.1) is 3.57 Å². The lowest BCUT2D eigenvalue weighted by Crippen LogP contribution is -2.14. The zero-order chi connectivity index (χ0) is 20.5. The Morgan fingerprint density at radius 2 is 1.96 bits per heavy atom. The molecular formula is C19H19Cl2IN2O4. The number of esters is 1. The number of hydrazone groups is 1. The van der Waals surface area contributed by atoms with Crippen molar-refractivity contribution in [2.24, 2.45) is 5.10 Å². The Labute approximate surface area is 187 Å². The normalized spacial score (nSPS) is 10.8. The summed E-state index contributed by atoms with van der Waals surface area (Å²) in [4.78, 5) is 11.3. The van der Waals surface area contributed by atoms with Crippen LogP contribution in [0.2, 0.25) is 10.0 Å². The van der Waals surface area contributed by atoms with E-state index >= 15 is 0 Å². The molecule has 2 aromatic rings. The lowest BCUT2D eigenvalue weighted by Gasteiger charge is -2.14. The maximum Gasteiger partial charge on any atom is 0.343 e. The zero-order valence-corrected chi connectivity index (χ0v) is 19.0. The highest BCUT2D eigenvalue weighted by Gasteiger charge is 2.14. The summed E-state index contributed by atoms with van der Waals surface area (Å²) in [5.41, 5.74) is 4.51. The van der Waals surface area contributed by atoms with Gasteiger partial charge in [0.05, 0.1) is 30.0 Å². The molecule has 0 radical (unpaired) electrons. The van der Waals surface area contributed by atoms with Gasteiger partial charge in [-0.15, -0.1) is 0 Å². The van der Waals surface area contributed by atoms with Crippen molar-refractivity contribution >= 4 is 58.0 Å². The largest absolute Gasteiger partial charge is 0.490 e. The lowest BCUT2D eigenvalue weighted by molar-refractivity contribution is -0.142. The van der Waals surface area contributed by atoms with Gasteiger partial charge in [-0.25, -0.2) is 4.79 Å². The number of nitrogens with one attached hydrogen (secondary N) is 1. The van der Waals surface area contributed by atoms with E-state index in [-0.39, 0.29) is 6.61 Å². The third-order valence-electron chi connectivity index (χ3n) is 3.52. The molecule has 0 bridgehead atoms. The first-order chi connectivity index (χ1) is 13.5. The quantitative estimate of drug-likeness (QED) is 0.218. The van der Waals surface area contributed by atoms with Crippen LogP contribution in [0.4, 0.5) is 0 Å². The lowest BCUT2D eigenvalue weighted by atomic mass is 10.2. The fraction of sp³-hybridized carbons (Fsp3) is 0.263. The van der Waals surface area contributed by atoms with E-state index in [0.29, 0.717) is 34.7 Å². The Morgan fingerprint density at radius 3 is 2.61 bits per heavy atom. The van der Waals surface area contributed by atoms with Gasteiger partial charge in [-0.1, -0.05) is 29.3 Å². The van der Waals surface area contributed by atoms with Crippen LogP contribution in [0.1, 0.15) is 18.1 Å². The van der Waals surface area contributed by atoms with Crippen LogP contribution >= 0.6 is 45.8 Å². The van der Waals surface area contributed by atoms with Gasteiger partial charge in [0.15, 0.2) is 18.1 Å². The van der Waals surface area contributed by atoms with E-state index in [1.165, 1.54) is 7.11 Å². The number of halogens is 3.